The Morgan fingerprint density at radius 2 is 2.00 bits per heavy atom. The van der Waals surface area contributed by atoms with Gasteiger partial charge in [0.15, 0.2) is 0 Å². The fourth-order valence-corrected chi connectivity index (χ4v) is 5.30. The first kappa shape index (κ1) is 22.1. The number of nitriles is 1. The summed E-state index contributed by atoms with van der Waals surface area (Å²) in [4.78, 5) is 34.1. The molecule has 9 nitrogen and oxygen atoms in total. The number of nitrogens with zero attached hydrogens (tertiary/aromatic N) is 4. The molecule has 0 unspecified atom stereocenters. The fraction of sp³-hybridized carbons (Fsp3) is 0.480. The summed E-state index contributed by atoms with van der Waals surface area (Å²) in [5.74, 6) is 0.911. The number of rotatable bonds is 7. The van der Waals surface area contributed by atoms with E-state index in [0.29, 0.717) is 36.1 Å². The minimum atomic E-state index is -0.426. The fourth-order valence-electron chi connectivity index (χ4n) is 5.30. The van der Waals surface area contributed by atoms with Gasteiger partial charge in [-0.1, -0.05) is 27.7 Å². The third-order valence-electron chi connectivity index (χ3n) is 6.88. The zero-order chi connectivity index (χ0) is 25.5. The Hall–Kier alpha value is -3.67. The third-order valence-corrected chi connectivity index (χ3v) is 6.88. The van der Waals surface area contributed by atoms with E-state index < -0.39 is 16.7 Å². The van der Waals surface area contributed by atoms with E-state index >= 15 is 0 Å². The van der Waals surface area contributed by atoms with Crippen molar-refractivity contribution in [1.29, 1.82) is 5.26 Å². The van der Waals surface area contributed by atoms with Crippen LogP contribution in [0, 0.1) is 28.1 Å². The second-order valence-electron chi connectivity index (χ2n) is 10.0. The van der Waals surface area contributed by atoms with Crippen LogP contribution in [0.2, 0.25) is 0 Å². The summed E-state index contributed by atoms with van der Waals surface area (Å²) in [6, 6.07) is 6.93. The van der Waals surface area contributed by atoms with Crippen LogP contribution in [0.25, 0.3) is 0 Å². The molecule has 2 aliphatic rings. The summed E-state index contributed by atoms with van der Waals surface area (Å²) in [6.45, 7) is 9.11. The number of anilines is 1. The van der Waals surface area contributed by atoms with Crippen molar-refractivity contribution in [3.05, 3.63) is 41.7 Å². The lowest BCUT2D eigenvalue weighted by atomic mass is 9.49. The predicted octanol–water partition coefficient (Wildman–Crippen LogP) is 2.60. The van der Waals surface area contributed by atoms with Gasteiger partial charge in [-0.15, -0.1) is 0 Å². The molecule has 0 atom stereocenters. The normalized spacial score (nSPS) is 22.9. The van der Waals surface area contributed by atoms with Crippen LogP contribution in [0.15, 0.2) is 30.6 Å². The zero-order valence-corrected chi connectivity index (χ0v) is 20.0. The van der Waals surface area contributed by atoms with Gasteiger partial charge in [0.2, 0.25) is 5.95 Å². The molecule has 1 amide bonds. The van der Waals surface area contributed by atoms with E-state index in [1.54, 1.807) is 23.1 Å². The number of aldehydes is 1. The molecule has 1 aliphatic heterocycles. The Bertz CT molecular complexity index is 1190. The van der Waals surface area contributed by atoms with Crippen molar-refractivity contribution >= 4 is 18.1 Å². The Morgan fingerprint density at radius 1 is 1.29 bits per heavy atom. The van der Waals surface area contributed by atoms with Gasteiger partial charge in [0.1, 0.15) is 30.0 Å². The molecule has 1 N–H and O–H groups in total. The quantitative estimate of drug-likeness (QED) is 0.622. The van der Waals surface area contributed by atoms with E-state index in [4.69, 9.17) is 10.8 Å². The largest absolute Gasteiger partial charge is 0.495 e. The van der Waals surface area contributed by atoms with Crippen molar-refractivity contribution in [1.82, 2.24) is 15.3 Å². The molecule has 0 spiro atoms. The van der Waals surface area contributed by atoms with Crippen LogP contribution in [0.3, 0.4) is 0 Å². The SMILES string of the molecule is [2H]c1nc(N2CC(C=O)C2)ncc1C(=O)NC1C(C)(C)C(Oc2ccc(C#N)c(OC)c2)C1(C)C. The molecule has 0 radical (unpaired) electrons. The predicted molar refractivity (Wildman–Crippen MR) is 125 cm³/mol. The van der Waals surface area contributed by atoms with E-state index in [-0.39, 0.29) is 29.8 Å². The number of carbonyl (C=O) groups is 2. The van der Waals surface area contributed by atoms with Crippen molar-refractivity contribution in [2.45, 2.75) is 39.8 Å². The lowest BCUT2D eigenvalue weighted by Crippen LogP contribution is -2.74. The van der Waals surface area contributed by atoms with E-state index in [2.05, 4.69) is 21.4 Å². The topological polar surface area (TPSA) is 117 Å². The Labute approximate surface area is 200 Å². The van der Waals surface area contributed by atoms with Crippen LogP contribution in [0.4, 0.5) is 5.95 Å². The van der Waals surface area contributed by atoms with Crippen LogP contribution in [0.5, 0.6) is 11.5 Å². The average molecular weight is 465 g/mol. The molecule has 1 aromatic carbocycles. The van der Waals surface area contributed by atoms with Crippen LogP contribution >= 0.6 is 0 Å². The number of carbonyl (C=O) groups excluding carboxylic acids is 2. The third kappa shape index (κ3) is 3.94. The van der Waals surface area contributed by atoms with E-state index in [1.807, 2.05) is 27.7 Å². The molecule has 2 aromatic rings. The van der Waals surface area contributed by atoms with E-state index in [9.17, 15) is 14.9 Å². The van der Waals surface area contributed by atoms with Crippen molar-refractivity contribution in [2.24, 2.45) is 16.7 Å². The van der Waals surface area contributed by atoms with Crippen LogP contribution in [-0.2, 0) is 4.79 Å². The lowest BCUT2D eigenvalue weighted by molar-refractivity contribution is -0.164. The van der Waals surface area contributed by atoms with Gasteiger partial charge in [0, 0.05) is 54.3 Å². The van der Waals surface area contributed by atoms with E-state index in [1.165, 1.54) is 13.3 Å². The van der Waals surface area contributed by atoms with Gasteiger partial charge in [-0.05, 0) is 12.1 Å². The number of aromatic nitrogens is 2. The summed E-state index contributed by atoms with van der Waals surface area (Å²) in [5, 5.41) is 12.3. The highest BCUT2D eigenvalue weighted by Crippen LogP contribution is 2.55. The van der Waals surface area contributed by atoms with Gasteiger partial charge < -0.3 is 24.5 Å². The Balaban J connectivity index is 1.46. The standard InChI is InChI=1S/C25H29N5O4/c1-24(2)21(25(3,4)22(24)34-18-7-6-16(9-26)19(8-18)33-5)29-20(32)17-10-27-23(28-11-17)30-12-15(13-30)14-31/h6-8,10-11,14-15,21-22H,12-13H2,1-5H3,(H,29,32)/i10D. The minimum absolute atomic E-state index is 0.0422. The maximum atomic E-state index is 13.1. The summed E-state index contributed by atoms with van der Waals surface area (Å²) >= 11 is 0. The van der Waals surface area contributed by atoms with Gasteiger partial charge in [-0.2, -0.15) is 5.26 Å². The molecule has 0 bridgehead atoms. The average Bonchev–Trinajstić information content (AvgIpc) is 2.79. The van der Waals surface area contributed by atoms with Crippen molar-refractivity contribution < 1.29 is 20.4 Å². The number of hydrogen-bond acceptors (Lipinski definition) is 8. The van der Waals surface area contributed by atoms with Crippen molar-refractivity contribution in [3.63, 3.8) is 0 Å². The molecule has 9 heteroatoms. The number of ether oxygens (including phenoxy) is 2. The molecule has 2 fully saturated rings. The van der Waals surface area contributed by atoms with E-state index in [0.717, 1.165) is 6.29 Å². The van der Waals surface area contributed by atoms with Gasteiger partial charge >= 0.3 is 0 Å². The molecule has 1 aliphatic carbocycles. The molecule has 1 saturated heterocycles. The maximum Gasteiger partial charge on any atom is 0.254 e. The van der Waals surface area contributed by atoms with Gasteiger partial charge in [0.25, 0.3) is 5.91 Å². The second kappa shape index (κ2) is 8.60. The number of amides is 1. The summed E-state index contributed by atoms with van der Waals surface area (Å²) in [5.41, 5.74) is -0.335. The molecule has 34 heavy (non-hydrogen) atoms. The first-order valence-corrected chi connectivity index (χ1v) is 11.1. The van der Waals surface area contributed by atoms with Gasteiger partial charge in [-0.3, -0.25) is 4.79 Å². The molecule has 2 heterocycles. The molecular formula is C25H29N5O4. The number of methoxy groups -OCH3 is 1. The van der Waals surface area contributed by atoms with Crippen LogP contribution < -0.4 is 19.7 Å². The molecule has 1 aromatic heterocycles. The van der Waals surface area contributed by atoms with Gasteiger partial charge in [0.05, 0.1) is 19.6 Å². The highest BCUT2D eigenvalue weighted by Gasteiger charge is 2.64. The maximum absolute atomic E-state index is 13.1. The monoisotopic (exact) mass is 464 g/mol. The Morgan fingerprint density at radius 3 is 2.59 bits per heavy atom. The molecule has 4 rings (SSSR count). The van der Waals surface area contributed by atoms with Crippen molar-refractivity contribution in [2.75, 3.05) is 25.1 Å². The first-order chi connectivity index (χ1) is 16.5. The highest BCUT2D eigenvalue weighted by atomic mass is 16.5. The number of hydrogen-bond donors (Lipinski definition) is 1. The zero-order valence-electron chi connectivity index (χ0n) is 21.0. The summed E-state index contributed by atoms with van der Waals surface area (Å²) in [6.07, 6.45) is 1.87. The molecule has 178 valence electrons. The second-order valence-corrected chi connectivity index (χ2v) is 10.0. The highest BCUT2D eigenvalue weighted by molar-refractivity contribution is 5.94. The molecule has 1 saturated carbocycles. The van der Waals surface area contributed by atoms with Crippen LogP contribution in [-0.4, -0.2) is 54.5 Å². The minimum Gasteiger partial charge on any atom is -0.495 e. The molecular weight excluding hydrogens is 434 g/mol. The lowest BCUT2D eigenvalue weighted by Gasteiger charge is -2.63. The summed E-state index contributed by atoms with van der Waals surface area (Å²) in [7, 11) is 1.51. The Kier molecular flexibility index (Phi) is 5.60. The summed E-state index contributed by atoms with van der Waals surface area (Å²) < 4.78 is 19.8. The number of benzene rings is 1. The first-order valence-electron chi connectivity index (χ1n) is 11.6. The van der Waals surface area contributed by atoms with Crippen LogP contribution in [0.1, 0.15) is 45.0 Å². The number of nitrogens with one attached hydrogen (secondary N) is 1. The smallest absolute Gasteiger partial charge is 0.254 e. The van der Waals surface area contributed by atoms with Gasteiger partial charge in [-0.25, -0.2) is 9.97 Å². The van der Waals surface area contributed by atoms with Crippen molar-refractivity contribution in [3.8, 4) is 17.6 Å².